The molecule has 1 N–H and O–H groups in total. The normalized spacial score (nSPS) is 17.4. The summed E-state index contributed by atoms with van der Waals surface area (Å²) in [6.07, 6.45) is 3.82. The summed E-state index contributed by atoms with van der Waals surface area (Å²) in [5.41, 5.74) is 4.30. The number of ether oxygens (including phenoxy) is 2. The monoisotopic (exact) mass is 409 g/mol. The molecule has 0 amide bonds. The minimum Gasteiger partial charge on any atom is -0.493 e. The molecule has 0 saturated carbocycles. The molecule has 0 radical (unpaired) electrons. The molecule has 0 fully saturated rings. The number of hydrogen-bond acceptors (Lipinski definition) is 4. The molecule has 158 valence electrons. The molecular formula is C24H28FN3O2. The highest BCUT2D eigenvalue weighted by Crippen LogP contribution is 2.41. The number of rotatable bonds is 6. The molecule has 1 heterocycles. The van der Waals surface area contributed by atoms with Crippen LogP contribution in [0.25, 0.3) is 5.69 Å². The van der Waals surface area contributed by atoms with Crippen molar-refractivity contribution in [3.63, 3.8) is 0 Å². The quantitative estimate of drug-likeness (QED) is 0.633. The SMILES string of the molecule is COc1ccc(CN[C@@H]2CC(C)(C)Cc3c2cnn3-c2cccc(F)c2)cc1OC. The summed E-state index contributed by atoms with van der Waals surface area (Å²) in [6, 6.07) is 12.7. The summed E-state index contributed by atoms with van der Waals surface area (Å²) in [5, 5.41) is 8.29. The Hall–Kier alpha value is -2.86. The van der Waals surface area contributed by atoms with Crippen molar-refractivity contribution in [2.75, 3.05) is 14.2 Å². The van der Waals surface area contributed by atoms with E-state index in [0.717, 1.165) is 41.3 Å². The van der Waals surface area contributed by atoms with Crippen LogP contribution in [0.4, 0.5) is 4.39 Å². The summed E-state index contributed by atoms with van der Waals surface area (Å²) in [6.45, 7) is 5.24. The number of halogens is 1. The molecule has 2 aromatic carbocycles. The second-order valence-corrected chi connectivity index (χ2v) is 8.61. The molecule has 30 heavy (non-hydrogen) atoms. The van der Waals surface area contributed by atoms with E-state index in [9.17, 15) is 4.39 Å². The van der Waals surface area contributed by atoms with Gasteiger partial charge in [0.1, 0.15) is 5.82 Å². The molecule has 1 aromatic heterocycles. The van der Waals surface area contributed by atoms with Crippen LogP contribution in [0.3, 0.4) is 0 Å². The number of aromatic nitrogens is 2. The van der Waals surface area contributed by atoms with Crippen LogP contribution in [-0.2, 0) is 13.0 Å². The fraction of sp³-hybridized carbons (Fsp3) is 0.375. The van der Waals surface area contributed by atoms with Crippen molar-refractivity contribution >= 4 is 0 Å². The van der Waals surface area contributed by atoms with Gasteiger partial charge in [0.25, 0.3) is 0 Å². The molecule has 0 aliphatic heterocycles. The lowest BCUT2D eigenvalue weighted by atomic mass is 9.74. The maximum atomic E-state index is 13.8. The van der Waals surface area contributed by atoms with Gasteiger partial charge < -0.3 is 14.8 Å². The van der Waals surface area contributed by atoms with E-state index >= 15 is 0 Å². The van der Waals surface area contributed by atoms with Gasteiger partial charge in [0.05, 0.1) is 26.1 Å². The first-order valence-corrected chi connectivity index (χ1v) is 10.2. The molecule has 0 saturated heterocycles. The van der Waals surface area contributed by atoms with Crippen LogP contribution >= 0.6 is 0 Å². The van der Waals surface area contributed by atoms with Crippen molar-refractivity contribution in [1.29, 1.82) is 0 Å². The maximum Gasteiger partial charge on any atom is 0.161 e. The summed E-state index contributed by atoms with van der Waals surface area (Å²) in [4.78, 5) is 0. The molecular weight excluding hydrogens is 381 g/mol. The van der Waals surface area contributed by atoms with E-state index in [1.54, 1.807) is 20.3 Å². The number of nitrogens with zero attached hydrogens (tertiary/aromatic N) is 2. The van der Waals surface area contributed by atoms with Crippen LogP contribution in [-0.4, -0.2) is 24.0 Å². The zero-order valence-corrected chi connectivity index (χ0v) is 17.9. The van der Waals surface area contributed by atoms with Crippen LogP contribution in [0.1, 0.15) is 43.1 Å². The van der Waals surface area contributed by atoms with Gasteiger partial charge in [0, 0.05) is 23.8 Å². The average molecular weight is 410 g/mol. The Kier molecular flexibility index (Phi) is 5.52. The van der Waals surface area contributed by atoms with Gasteiger partial charge in [0.2, 0.25) is 0 Å². The summed E-state index contributed by atoms with van der Waals surface area (Å²) < 4.78 is 26.4. The van der Waals surface area contributed by atoms with Gasteiger partial charge in [-0.15, -0.1) is 0 Å². The van der Waals surface area contributed by atoms with Crippen LogP contribution < -0.4 is 14.8 Å². The maximum absolute atomic E-state index is 13.8. The lowest BCUT2D eigenvalue weighted by molar-refractivity contribution is 0.252. The zero-order chi connectivity index (χ0) is 21.3. The third-order valence-corrected chi connectivity index (χ3v) is 5.73. The van der Waals surface area contributed by atoms with Crippen molar-refractivity contribution in [3.05, 3.63) is 71.3 Å². The van der Waals surface area contributed by atoms with Gasteiger partial charge in [-0.05, 0) is 54.2 Å². The number of methoxy groups -OCH3 is 2. The molecule has 0 spiro atoms. The van der Waals surface area contributed by atoms with E-state index in [1.807, 2.05) is 35.1 Å². The number of fused-ring (bicyclic) bond motifs is 1. The molecule has 5 nitrogen and oxygen atoms in total. The van der Waals surface area contributed by atoms with E-state index in [-0.39, 0.29) is 17.3 Å². The molecule has 1 atom stereocenters. The predicted octanol–water partition coefficient (Wildman–Crippen LogP) is 4.83. The molecule has 6 heteroatoms. The lowest BCUT2D eigenvalue weighted by Gasteiger charge is -2.36. The summed E-state index contributed by atoms with van der Waals surface area (Å²) in [7, 11) is 3.28. The Balaban J connectivity index is 1.60. The first kappa shape index (κ1) is 20.4. The third kappa shape index (κ3) is 4.05. The van der Waals surface area contributed by atoms with Gasteiger partial charge in [0.15, 0.2) is 11.5 Å². The van der Waals surface area contributed by atoms with Crippen molar-refractivity contribution in [2.45, 2.75) is 39.3 Å². The topological polar surface area (TPSA) is 48.3 Å². The van der Waals surface area contributed by atoms with Gasteiger partial charge in [-0.3, -0.25) is 0 Å². The van der Waals surface area contributed by atoms with E-state index in [2.05, 4.69) is 24.3 Å². The fourth-order valence-corrected chi connectivity index (χ4v) is 4.29. The largest absolute Gasteiger partial charge is 0.493 e. The smallest absolute Gasteiger partial charge is 0.161 e. The Bertz CT molecular complexity index is 1040. The van der Waals surface area contributed by atoms with Crippen molar-refractivity contribution < 1.29 is 13.9 Å². The Morgan fingerprint density at radius 3 is 2.67 bits per heavy atom. The van der Waals surface area contributed by atoms with Crippen LogP contribution in [0.2, 0.25) is 0 Å². The second kappa shape index (κ2) is 8.11. The van der Waals surface area contributed by atoms with Crippen molar-refractivity contribution in [1.82, 2.24) is 15.1 Å². The lowest BCUT2D eigenvalue weighted by Crippen LogP contribution is -2.33. The first-order valence-electron chi connectivity index (χ1n) is 10.2. The van der Waals surface area contributed by atoms with Crippen LogP contribution in [0.15, 0.2) is 48.7 Å². The van der Waals surface area contributed by atoms with Gasteiger partial charge in [-0.1, -0.05) is 26.0 Å². The van der Waals surface area contributed by atoms with Crippen LogP contribution in [0.5, 0.6) is 11.5 Å². The zero-order valence-electron chi connectivity index (χ0n) is 17.9. The summed E-state index contributed by atoms with van der Waals surface area (Å²) in [5.74, 6) is 1.19. The van der Waals surface area contributed by atoms with Gasteiger partial charge >= 0.3 is 0 Å². The van der Waals surface area contributed by atoms with Crippen LogP contribution in [0, 0.1) is 11.2 Å². The number of benzene rings is 2. The van der Waals surface area contributed by atoms with Gasteiger partial charge in [-0.25, -0.2) is 9.07 Å². The average Bonchev–Trinajstić information content (AvgIpc) is 3.14. The van der Waals surface area contributed by atoms with Crippen molar-refractivity contribution in [2.24, 2.45) is 5.41 Å². The highest BCUT2D eigenvalue weighted by Gasteiger charge is 2.35. The van der Waals surface area contributed by atoms with E-state index in [1.165, 1.54) is 17.7 Å². The second-order valence-electron chi connectivity index (χ2n) is 8.61. The van der Waals surface area contributed by atoms with Crippen molar-refractivity contribution in [3.8, 4) is 17.2 Å². The molecule has 0 unspecified atom stereocenters. The predicted molar refractivity (Wildman–Crippen MR) is 115 cm³/mol. The fourth-order valence-electron chi connectivity index (χ4n) is 4.29. The molecule has 1 aliphatic carbocycles. The number of nitrogens with one attached hydrogen (secondary N) is 1. The third-order valence-electron chi connectivity index (χ3n) is 5.73. The van der Waals surface area contributed by atoms with E-state index < -0.39 is 0 Å². The minimum atomic E-state index is -0.255. The number of hydrogen-bond donors (Lipinski definition) is 1. The Morgan fingerprint density at radius 2 is 1.93 bits per heavy atom. The molecule has 4 rings (SSSR count). The summed E-state index contributed by atoms with van der Waals surface area (Å²) >= 11 is 0. The highest BCUT2D eigenvalue weighted by molar-refractivity contribution is 5.43. The highest BCUT2D eigenvalue weighted by atomic mass is 19.1. The minimum absolute atomic E-state index is 0.105. The molecule has 1 aliphatic rings. The Morgan fingerprint density at radius 1 is 1.13 bits per heavy atom. The standard InChI is InChI=1S/C24H28FN3O2/c1-24(2)12-20(26-14-16-8-9-22(29-3)23(10-16)30-4)19-15-27-28(21(19)13-24)18-7-5-6-17(25)11-18/h5-11,15,20,26H,12-14H2,1-4H3/t20-/m1/s1. The van der Waals surface area contributed by atoms with Gasteiger partial charge in [-0.2, -0.15) is 5.10 Å². The van der Waals surface area contributed by atoms with E-state index in [0.29, 0.717) is 6.54 Å². The molecule has 3 aromatic rings. The first-order chi connectivity index (χ1) is 14.4. The molecule has 0 bridgehead atoms. The Labute approximate surface area is 176 Å². The van der Waals surface area contributed by atoms with E-state index in [4.69, 9.17) is 9.47 Å².